The highest BCUT2D eigenvalue weighted by molar-refractivity contribution is 7.98. The lowest BCUT2D eigenvalue weighted by Crippen LogP contribution is -2.43. The molecule has 0 saturated carbocycles. The average Bonchev–Trinajstić information content (AvgIpc) is 2.75. The molecule has 1 amide bonds. The average molecular weight is 443 g/mol. The zero-order valence-electron chi connectivity index (χ0n) is 16.7. The Morgan fingerprint density at radius 2 is 1.94 bits per heavy atom. The Balaban J connectivity index is 1.79. The van der Waals surface area contributed by atoms with Crippen LogP contribution in [0.3, 0.4) is 0 Å². The van der Waals surface area contributed by atoms with Gasteiger partial charge in [0.1, 0.15) is 34.3 Å². The summed E-state index contributed by atoms with van der Waals surface area (Å²) in [6.45, 7) is -0.462. The zero-order chi connectivity index (χ0) is 22.4. The second kappa shape index (κ2) is 10.0. The normalized spacial score (nSPS) is 11.8. The second-order valence-electron chi connectivity index (χ2n) is 6.68. The van der Waals surface area contributed by atoms with Crippen molar-refractivity contribution in [1.82, 2.24) is 5.32 Å². The zero-order valence-corrected chi connectivity index (χ0v) is 17.5. The third-order valence-corrected chi connectivity index (χ3v) is 5.10. The van der Waals surface area contributed by atoms with Crippen molar-refractivity contribution in [2.24, 2.45) is 0 Å². The van der Waals surface area contributed by atoms with Gasteiger partial charge in [-0.2, -0.15) is 11.8 Å². The number of carboxylic acid groups (broad SMARTS) is 1. The molecule has 3 rings (SSSR count). The molecule has 1 heterocycles. The molecule has 0 saturated heterocycles. The van der Waals surface area contributed by atoms with Crippen LogP contribution in [-0.2, 0) is 9.59 Å². The Labute approximate surface area is 181 Å². The van der Waals surface area contributed by atoms with Crippen LogP contribution in [0.1, 0.15) is 6.42 Å². The second-order valence-corrected chi connectivity index (χ2v) is 7.67. The summed E-state index contributed by atoms with van der Waals surface area (Å²) in [6.07, 6.45) is 2.13. The SMILES string of the molecule is CSCC[C@@H](NC(=O)COc1cc(O)c2c(=O)cc(-c3ccccc3)oc2c1)C(=O)O. The molecule has 162 valence electrons. The van der Waals surface area contributed by atoms with Crippen molar-refractivity contribution in [2.45, 2.75) is 12.5 Å². The lowest BCUT2D eigenvalue weighted by atomic mass is 10.1. The number of hydrogen-bond donors (Lipinski definition) is 3. The first-order valence-electron chi connectivity index (χ1n) is 9.39. The smallest absolute Gasteiger partial charge is 0.326 e. The summed E-state index contributed by atoms with van der Waals surface area (Å²) in [7, 11) is 0. The molecule has 0 unspecified atom stereocenters. The molecule has 0 aliphatic heterocycles. The molecule has 31 heavy (non-hydrogen) atoms. The maximum Gasteiger partial charge on any atom is 0.326 e. The van der Waals surface area contributed by atoms with E-state index in [9.17, 15) is 24.6 Å². The van der Waals surface area contributed by atoms with Crippen LogP contribution < -0.4 is 15.5 Å². The van der Waals surface area contributed by atoms with Gasteiger partial charge in [0.15, 0.2) is 12.0 Å². The predicted molar refractivity (Wildman–Crippen MR) is 118 cm³/mol. The van der Waals surface area contributed by atoms with E-state index in [4.69, 9.17) is 9.15 Å². The number of ether oxygens (including phenoxy) is 1. The van der Waals surface area contributed by atoms with Crippen molar-refractivity contribution >= 4 is 34.6 Å². The minimum atomic E-state index is -1.12. The Hall–Kier alpha value is -3.46. The molecular formula is C22H21NO7S. The summed E-state index contributed by atoms with van der Waals surface area (Å²) in [5.41, 5.74) is 0.377. The van der Waals surface area contributed by atoms with E-state index in [1.807, 2.05) is 12.3 Å². The number of aliphatic carboxylic acids is 1. The van der Waals surface area contributed by atoms with Gasteiger partial charge < -0.3 is 24.7 Å². The van der Waals surface area contributed by atoms with Crippen LogP contribution in [0.4, 0.5) is 0 Å². The van der Waals surface area contributed by atoms with Crippen LogP contribution in [0.2, 0.25) is 0 Å². The molecular weight excluding hydrogens is 422 g/mol. The molecule has 1 aromatic heterocycles. The van der Waals surface area contributed by atoms with Gasteiger partial charge in [-0.15, -0.1) is 0 Å². The van der Waals surface area contributed by atoms with Crippen LogP contribution in [0, 0.1) is 0 Å². The largest absolute Gasteiger partial charge is 0.507 e. The van der Waals surface area contributed by atoms with Crippen molar-refractivity contribution in [2.75, 3.05) is 18.6 Å². The summed E-state index contributed by atoms with van der Waals surface area (Å²) in [5, 5.41) is 21.8. The molecule has 0 spiro atoms. The fourth-order valence-corrected chi connectivity index (χ4v) is 3.42. The number of carbonyl (C=O) groups excluding carboxylic acids is 1. The van der Waals surface area contributed by atoms with Gasteiger partial charge in [-0.1, -0.05) is 30.3 Å². The van der Waals surface area contributed by atoms with Gasteiger partial charge in [0, 0.05) is 23.8 Å². The monoisotopic (exact) mass is 443 g/mol. The van der Waals surface area contributed by atoms with E-state index in [-0.39, 0.29) is 28.9 Å². The van der Waals surface area contributed by atoms with E-state index in [2.05, 4.69) is 5.32 Å². The van der Waals surface area contributed by atoms with Crippen LogP contribution in [0.5, 0.6) is 11.5 Å². The summed E-state index contributed by atoms with van der Waals surface area (Å²) in [4.78, 5) is 35.8. The van der Waals surface area contributed by atoms with Crippen LogP contribution in [0.25, 0.3) is 22.3 Å². The van der Waals surface area contributed by atoms with Gasteiger partial charge in [-0.05, 0) is 18.4 Å². The molecule has 9 heteroatoms. The van der Waals surface area contributed by atoms with E-state index in [0.29, 0.717) is 17.1 Å². The topological polar surface area (TPSA) is 126 Å². The number of nitrogens with one attached hydrogen (secondary N) is 1. The maximum absolute atomic E-state index is 12.5. The molecule has 0 bridgehead atoms. The molecule has 0 aliphatic carbocycles. The number of phenols is 1. The lowest BCUT2D eigenvalue weighted by Gasteiger charge is -2.14. The van der Waals surface area contributed by atoms with Gasteiger partial charge >= 0.3 is 5.97 Å². The van der Waals surface area contributed by atoms with Crippen molar-refractivity contribution in [1.29, 1.82) is 0 Å². The van der Waals surface area contributed by atoms with Gasteiger partial charge in [-0.25, -0.2) is 4.79 Å². The predicted octanol–water partition coefficient (Wildman–Crippen LogP) is 2.87. The highest BCUT2D eigenvalue weighted by Gasteiger charge is 2.20. The van der Waals surface area contributed by atoms with E-state index in [1.165, 1.54) is 30.0 Å². The molecule has 2 aromatic carbocycles. The minimum absolute atomic E-state index is 0.000473. The Bertz CT molecular complexity index is 1140. The maximum atomic E-state index is 12.5. The highest BCUT2D eigenvalue weighted by atomic mass is 32.2. The number of carbonyl (C=O) groups is 2. The molecule has 0 radical (unpaired) electrons. The number of amides is 1. The molecule has 3 N–H and O–H groups in total. The summed E-state index contributed by atoms with van der Waals surface area (Å²) < 4.78 is 11.2. The first kappa shape index (κ1) is 22.2. The fraction of sp³-hybridized carbons (Fsp3) is 0.227. The van der Waals surface area contributed by atoms with Gasteiger partial charge in [0.25, 0.3) is 5.91 Å². The molecule has 1 atom stereocenters. The van der Waals surface area contributed by atoms with Crippen LogP contribution in [-0.4, -0.2) is 46.7 Å². The summed E-state index contributed by atoms with van der Waals surface area (Å²) in [6, 6.07) is 11.9. The minimum Gasteiger partial charge on any atom is -0.507 e. The third kappa shape index (κ3) is 5.58. The van der Waals surface area contributed by atoms with Crippen molar-refractivity contribution in [3.05, 3.63) is 58.8 Å². The Kier molecular flexibility index (Phi) is 7.19. The number of benzene rings is 2. The fourth-order valence-electron chi connectivity index (χ4n) is 2.95. The number of hydrogen-bond acceptors (Lipinski definition) is 7. The van der Waals surface area contributed by atoms with E-state index < -0.39 is 30.0 Å². The standard InChI is InChI=1S/C22H21NO7S/c1-31-8-7-15(22(27)28)23-20(26)12-29-14-9-16(24)21-17(25)11-18(30-19(21)10-14)13-5-3-2-4-6-13/h2-6,9-11,15,24H,7-8,12H2,1H3,(H,23,26)(H,27,28)/t15-/m1/s1. The molecule has 0 aliphatic rings. The first-order chi connectivity index (χ1) is 14.9. The number of phenolic OH excluding ortho intramolecular Hbond substituents is 1. The summed E-state index contributed by atoms with van der Waals surface area (Å²) >= 11 is 1.48. The van der Waals surface area contributed by atoms with Crippen molar-refractivity contribution in [3.8, 4) is 22.8 Å². The van der Waals surface area contributed by atoms with Gasteiger partial charge in [0.2, 0.25) is 0 Å². The Morgan fingerprint density at radius 3 is 2.61 bits per heavy atom. The van der Waals surface area contributed by atoms with E-state index in [0.717, 1.165) is 0 Å². The van der Waals surface area contributed by atoms with Gasteiger partial charge in [0.05, 0.1) is 0 Å². The van der Waals surface area contributed by atoms with Crippen LogP contribution in [0.15, 0.2) is 57.7 Å². The number of thioether (sulfide) groups is 1. The van der Waals surface area contributed by atoms with E-state index in [1.54, 1.807) is 24.3 Å². The number of carboxylic acids is 1. The third-order valence-electron chi connectivity index (χ3n) is 4.46. The highest BCUT2D eigenvalue weighted by Crippen LogP contribution is 2.31. The van der Waals surface area contributed by atoms with Crippen LogP contribution >= 0.6 is 11.8 Å². The number of fused-ring (bicyclic) bond motifs is 1. The first-order valence-corrected chi connectivity index (χ1v) is 10.8. The molecule has 8 nitrogen and oxygen atoms in total. The van der Waals surface area contributed by atoms with Gasteiger partial charge in [-0.3, -0.25) is 9.59 Å². The number of aromatic hydroxyl groups is 1. The molecule has 3 aromatic rings. The quantitative estimate of drug-likeness (QED) is 0.461. The van der Waals surface area contributed by atoms with Crippen molar-refractivity contribution < 1.29 is 29.0 Å². The Morgan fingerprint density at radius 1 is 1.19 bits per heavy atom. The lowest BCUT2D eigenvalue weighted by molar-refractivity contribution is -0.142. The summed E-state index contributed by atoms with van der Waals surface area (Å²) in [5.74, 6) is -1.08. The number of rotatable bonds is 9. The van der Waals surface area contributed by atoms with E-state index >= 15 is 0 Å². The van der Waals surface area contributed by atoms with Crippen molar-refractivity contribution in [3.63, 3.8) is 0 Å². The molecule has 0 fully saturated rings.